The Hall–Kier alpha value is -1.96. The first kappa shape index (κ1) is 12.5. The molecule has 18 heavy (non-hydrogen) atoms. The maximum Gasteiger partial charge on any atom is 0.318 e. The van der Waals surface area contributed by atoms with Crippen LogP contribution >= 0.6 is 11.8 Å². The maximum atomic E-state index is 13.4. The van der Waals surface area contributed by atoms with Gasteiger partial charge < -0.3 is 4.57 Å². The van der Waals surface area contributed by atoms with Gasteiger partial charge in [0, 0.05) is 7.05 Å². The lowest BCUT2D eigenvalue weighted by Gasteiger charge is -2.03. The van der Waals surface area contributed by atoms with Crippen molar-refractivity contribution in [3.05, 3.63) is 40.0 Å². The number of hydrogen-bond donors (Lipinski definition) is 0. The fourth-order valence-corrected chi connectivity index (χ4v) is 2.29. The summed E-state index contributed by atoms with van der Waals surface area (Å²) in [6.07, 6.45) is 0. The zero-order valence-corrected chi connectivity index (χ0v) is 10.4. The van der Waals surface area contributed by atoms with Crippen molar-refractivity contribution < 1.29 is 9.31 Å². The van der Waals surface area contributed by atoms with Gasteiger partial charge in [0.25, 0.3) is 0 Å². The number of nitrogens with zero attached hydrogens (tertiary/aromatic N) is 4. The van der Waals surface area contributed by atoms with Gasteiger partial charge in [-0.2, -0.15) is 4.39 Å². The number of halogens is 1. The van der Waals surface area contributed by atoms with Crippen molar-refractivity contribution in [2.45, 2.75) is 17.0 Å². The molecule has 0 spiro atoms. The summed E-state index contributed by atoms with van der Waals surface area (Å²) in [5.74, 6) is -0.180. The first-order chi connectivity index (χ1) is 8.50. The lowest BCUT2D eigenvalue weighted by molar-refractivity contribution is -0.390. The third-order valence-corrected chi connectivity index (χ3v) is 3.47. The van der Waals surface area contributed by atoms with E-state index in [-0.39, 0.29) is 4.90 Å². The topological polar surface area (TPSA) is 73.8 Å². The van der Waals surface area contributed by atoms with Crippen molar-refractivity contribution in [3.63, 3.8) is 0 Å². The minimum atomic E-state index is -0.858. The molecule has 0 fully saturated rings. The van der Waals surface area contributed by atoms with Crippen LogP contribution in [0.1, 0.15) is 5.82 Å². The molecule has 0 N–H and O–H groups in total. The number of aryl methyl sites for hydroxylation is 1. The van der Waals surface area contributed by atoms with E-state index >= 15 is 0 Å². The first-order valence-corrected chi connectivity index (χ1v) is 5.79. The molecule has 1 aromatic carbocycles. The minimum absolute atomic E-state index is 0.204. The van der Waals surface area contributed by atoms with Crippen LogP contribution in [0.5, 0.6) is 0 Å². The molecule has 94 valence electrons. The molecule has 0 bridgehead atoms. The van der Waals surface area contributed by atoms with E-state index in [1.165, 1.54) is 12.1 Å². The summed E-state index contributed by atoms with van der Waals surface area (Å²) in [6.45, 7) is 1.76. The molecule has 0 aliphatic rings. The smallest absolute Gasteiger partial charge is 0.309 e. The molecule has 0 saturated heterocycles. The monoisotopic (exact) mass is 268 g/mol. The highest BCUT2D eigenvalue weighted by Gasteiger charge is 2.22. The van der Waals surface area contributed by atoms with Crippen LogP contribution in [0.3, 0.4) is 0 Å². The largest absolute Gasteiger partial charge is 0.318 e. The van der Waals surface area contributed by atoms with Gasteiger partial charge in [0.1, 0.15) is 5.82 Å². The second-order valence-corrected chi connectivity index (χ2v) is 4.54. The van der Waals surface area contributed by atoms with Gasteiger partial charge in [-0.25, -0.2) is 0 Å². The molecule has 0 aliphatic heterocycles. The second-order valence-electron chi connectivity index (χ2n) is 3.53. The molecule has 0 amide bonds. The van der Waals surface area contributed by atoms with Gasteiger partial charge in [-0.15, -0.1) is 10.2 Å². The number of benzene rings is 1. The molecular formula is C10H9FN4O2S. The maximum absolute atomic E-state index is 13.4. The van der Waals surface area contributed by atoms with Crippen molar-refractivity contribution in [2.75, 3.05) is 0 Å². The van der Waals surface area contributed by atoms with Gasteiger partial charge in [-0.3, -0.25) is 10.1 Å². The fraction of sp³-hybridized carbons (Fsp3) is 0.200. The minimum Gasteiger partial charge on any atom is -0.309 e. The van der Waals surface area contributed by atoms with E-state index in [4.69, 9.17) is 0 Å². The van der Waals surface area contributed by atoms with Crippen molar-refractivity contribution >= 4 is 17.4 Å². The van der Waals surface area contributed by atoms with Crippen molar-refractivity contribution in [2.24, 2.45) is 7.05 Å². The standard InChI is InChI=1S/C10H9FN4O2S/c1-6-12-13-10(14(6)2)18-8-5-3-4-7(11)9(8)15(16)17/h3-5H,1-2H3. The predicted molar refractivity (Wildman–Crippen MR) is 62.9 cm³/mol. The van der Waals surface area contributed by atoms with E-state index in [0.717, 1.165) is 17.8 Å². The Balaban J connectivity index is 2.44. The summed E-state index contributed by atoms with van der Waals surface area (Å²) in [7, 11) is 1.74. The quantitative estimate of drug-likeness (QED) is 0.631. The van der Waals surface area contributed by atoms with Gasteiger partial charge in [0.15, 0.2) is 5.16 Å². The Morgan fingerprint density at radius 3 is 2.72 bits per heavy atom. The lowest BCUT2D eigenvalue weighted by Crippen LogP contribution is -1.97. The molecule has 0 atom stereocenters. The Morgan fingerprint density at radius 1 is 1.44 bits per heavy atom. The van der Waals surface area contributed by atoms with E-state index in [2.05, 4.69) is 10.2 Å². The Morgan fingerprint density at radius 2 is 2.17 bits per heavy atom. The molecule has 0 saturated carbocycles. The predicted octanol–water partition coefficient (Wildman–Crippen LogP) is 2.32. The van der Waals surface area contributed by atoms with Gasteiger partial charge in [0.2, 0.25) is 5.82 Å². The lowest BCUT2D eigenvalue weighted by atomic mass is 10.3. The summed E-state index contributed by atoms with van der Waals surface area (Å²) < 4.78 is 15.1. The van der Waals surface area contributed by atoms with E-state index in [0.29, 0.717) is 11.0 Å². The molecule has 2 rings (SSSR count). The number of para-hydroxylation sites is 1. The zero-order valence-electron chi connectivity index (χ0n) is 9.62. The molecular weight excluding hydrogens is 259 g/mol. The van der Waals surface area contributed by atoms with Gasteiger partial charge in [-0.1, -0.05) is 6.07 Å². The average molecular weight is 268 g/mol. The first-order valence-electron chi connectivity index (χ1n) is 4.97. The van der Waals surface area contributed by atoms with E-state index in [1.807, 2.05) is 0 Å². The van der Waals surface area contributed by atoms with E-state index < -0.39 is 16.4 Å². The highest BCUT2D eigenvalue weighted by Crippen LogP contribution is 2.35. The summed E-state index contributed by atoms with van der Waals surface area (Å²) in [5, 5.41) is 19.0. The number of hydrogen-bond acceptors (Lipinski definition) is 5. The Bertz CT molecular complexity index is 614. The van der Waals surface area contributed by atoms with Crippen LogP contribution in [0, 0.1) is 22.9 Å². The Labute approximate surface area is 106 Å². The summed E-state index contributed by atoms with van der Waals surface area (Å²) in [5.41, 5.74) is -0.539. The zero-order chi connectivity index (χ0) is 13.3. The Kier molecular flexibility index (Phi) is 3.28. The normalized spacial score (nSPS) is 10.6. The van der Waals surface area contributed by atoms with Crippen LogP contribution in [0.4, 0.5) is 10.1 Å². The summed E-state index contributed by atoms with van der Waals surface area (Å²) in [6, 6.07) is 3.97. The number of aromatic nitrogens is 3. The number of rotatable bonds is 3. The van der Waals surface area contributed by atoms with Crippen LogP contribution < -0.4 is 0 Å². The molecule has 0 aliphatic carbocycles. The summed E-state index contributed by atoms with van der Waals surface area (Å²) in [4.78, 5) is 10.3. The van der Waals surface area contributed by atoms with Crippen molar-refractivity contribution in [1.29, 1.82) is 0 Å². The molecule has 1 heterocycles. The third-order valence-electron chi connectivity index (χ3n) is 2.39. The molecule has 8 heteroatoms. The SMILES string of the molecule is Cc1nnc(Sc2cccc(F)c2[N+](=O)[O-])n1C. The van der Waals surface area contributed by atoms with Crippen molar-refractivity contribution in [1.82, 2.24) is 14.8 Å². The van der Waals surface area contributed by atoms with Crippen LogP contribution in [0.2, 0.25) is 0 Å². The molecule has 1 aromatic heterocycles. The average Bonchev–Trinajstić information content (AvgIpc) is 2.60. The molecule has 2 aromatic rings. The molecule has 0 unspecified atom stereocenters. The van der Waals surface area contributed by atoms with Crippen molar-refractivity contribution in [3.8, 4) is 0 Å². The highest BCUT2D eigenvalue weighted by atomic mass is 32.2. The third kappa shape index (κ3) is 2.19. The molecule has 6 nitrogen and oxygen atoms in total. The van der Waals surface area contributed by atoms with Gasteiger partial charge >= 0.3 is 5.69 Å². The van der Waals surface area contributed by atoms with Crippen LogP contribution in [-0.2, 0) is 7.05 Å². The second kappa shape index (κ2) is 4.73. The van der Waals surface area contributed by atoms with E-state index in [1.54, 1.807) is 18.5 Å². The van der Waals surface area contributed by atoms with Crippen LogP contribution in [-0.4, -0.2) is 19.7 Å². The number of nitro benzene ring substituents is 1. The van der Waals surface area contributed by atoms with Crippen LogP contribution in [0.25, 0.3) is 0 Å². The van der Waals surface area contributed by atoms with Gasteiger partial charge in [0.05, 0.1) is 9.82 Å². The molecule has 0 radical (unpaired) electrons. The highest BCUT2D eigenvalue weighted by molar-refractivity contribution is 7.99. The summed E-state index contributed by atoms with van der Waals surface area (Å²) >= 11 is 1.01. The van der Waals surface area contributed by atoms with E-state index in [9.17, 15) is 14.5 Å². The van der Waals surface area contributed by atoms with Gasteiger partial charge in [-0.05, 0) is 30.8 Å². The number of nitro groups is 1. The van der Waals surface area contributed by atoms with Crippen LogP contribution in [0.15, 0.2) is 28.3 Å². The fourth-order valence-electron chi connectivity index (χ4n) is 1.33.